The Kier molecular flexibility index (Phi) is 8.29. The number of fused-ring (bicyclic) bond motifs is 1. The molecule has 0 aliphatic carbocycles. The van der Waals surface area contributed by atoms with Crippen molar-refractivity contribution in [3.63, 3.8) is 0 Å². The number of hydrogen-bond donors (Lipinski definition) is 2. The van der Waals surface area contributed by atoms with Crippen LogP contribution in [-0.4, -0.2) is 108 Å². The van der Waals surface area contributed by atoms with E-state index < -0.39 is 29.2 Å². The molecule has 1 aromatic carbocycles. The number of imide groups is 1. The van der Waals surface area contributed by atoms with Gasteiger partial charge in [-0.1, -0.05) is 12.0 Å². The Hall–Kier alpha value is -5.32. The number of nitrogens with zero attached hydrogens (tertiary/aromatic N) is 4. The van der Waals surface area contributed by atoms with E-state index in [-0.39, 0.29) is 55.1 Å². The van der Waals surface area contributed by atoms with Crippen molar-refractivity contribution in [2.75, 3.05) is 46.9 Å². The first-order valence-corrected chi connectivity index (χ1v) is 14.3. The molecular formula is C31H34N6O8. The number of methoxy groups -OCH3 is 2. The minimum atomic E-state index is -1.79. The Morgan fingerprint density at radius 3 is 2.33 bits per heavy atom. The zero-order valence-corrected chi connectivity index (χ0v) is 25.7. The number of nitrogens with one attached hydrogen (secondary N) is 2. The molecule has 3 aliphatic rings. The highest BCUT2D eigenvalue weighted by Gasteiger charge is 2.48. The Morgan fingerprint density at radius 1 is 1.00 bits per heavy atom. The van der Waals surface area contributed by atoms with Crippen LogP contribution in [0.3, 0.4) is 0 Å². The van der Waals surface area contributed by atoms with Crippen LogP contribution >= 0.6 is 0 Å². The summed E-state index contributed by atoms with van der Waals surface area (Å²) < 4.78 is 16.1. The molecule has 4 heterocycles. The molecule has 2 fully saturated rings. The van der Waals surface area contributed by atoms with Crippen molar-refractivity contribution in [2.24, 2.45) is 0 Å². The summed E-state index contributed by atoms with van der Waals surface area (Å²) in [6, 6.07) is 7.41. The van der Waals surface area contributed by atoms with Gasteiger partial charge in [0.2, 0.25) is 5.54 Å². The van der Waals surface area contributed by atoms with E-state index in [9.17, 15) is 24.0 Å². The lowest BCUT2D eigenvalue weighted by Gasteiger charge is -2.35. The molecule has 0 bridgehead atoms. The van der Waals surface area contributed by atoms with Gasteiger partial charge >= 0.3 is 12.1 Å². The number of carbonyl (C=O) groups excluding carboxylic acids is 5. The summed E-state index contributed by atoms with van der Waals surface area (Å²) in [6.45, 7) is 6.49. The van der Waals surface area contributed by atoms with Gasteiger partial charge in [0.05, 0.1) is 20.8 Å². The number of pyridine rings is 1. The molecule has 45 heavy (non-hydrogen) atoms. The number of piperazine rings is 1. The Bertz CT molecular complexity index is 1630. The Morgan fingerprint density at radius 2 is 1.71 bits per heavy atom. The minimum absolute atomic E-state index is 0.0600. The van der Waals surface area contributed by atoms with E-state index in [1.165, 1.54) is 31.3 Å². The van der Waals surface area contributed by atoms with Crippen molar-refractivity contribution < 1.29 is 38.2 Å². The lowest BCUT2D eigenvalue weighted by atomic mass is 9.99. The van der Waals surface area contributed by atoms with Crippen molar-refractivity contribution in [1.29, 1.82) is 0 Å². The number of aromatic nitrogens is 1. The van der Waals surface area contributed by atoms with E-state index in [4.69, 9.17) is 14.2 Å². The van der Waals surface area contributed by atoms with E-state index in [1.807, 2.05) is 0 Å². The molecule has 0 saturated carbocycles. The maximum absolute atomic E-state index is 13.4. The van der Waals surface area contributed by atoms with Crippen LogP contribution < -0.4 is 20.1 Å². The summed E-state index contributed by atoms with van der Waals surface area (Å²) in [5.41, 5.74) is -1.09. The Labute approximate surface area is 260 Å². The molecule has 3 aliphatic heterocycles. The van der Waals surface area contributed by atoms with E-state index in [2.05, 4.69) is 27.5 Å². The zero-order chi connectivity index (χ0) is 32.5. The first-order valence-electron chi connectivity index (χ1n) is 14.3. The fourth-order valence-electron chi connectivity index (χ4n) is 5.18. The molecule has 6 amide bonds. The van der Waals surface area contributed by atoms with Crippen molar-refractivity contribution in [1.82, 2.24) is 30.3 Å². The minimum Gasteiger partial charge on any atom is -0.497 e. The first kappa shape index (κ1) is 31.1. The van der Waals surface area contributed by atoms with Gasteiger partial charge in [-0.3, -0.25) is 19.7 Å². The smallest absolute Gasteiger partial charge is 0.410 e. The van der Waals surface area contributed by atoms with E-state index in [0.29, 0.717) is 24.4 Å². The number of hydrogen-bond acceptors (Lipinski definition) is 9. The third-order valence-electron chi connectivity index (χ3n) is 7.48. The van der Waals surface area contributed by atoms with Gasteiger partial charge in [-0.15, -0.1) is 0 Å². The molecule has 14 heteroatoms. The monoisotopic (exact) mass is 618 g/mol. The molecule has 2 N–H and O–H groups in total. The van der Waals surface area contributed by atoms with Crippen molar-refractivity contribution >= 4 is 29.8 Å². The van der Waals surface area contributed by atoms with Crippen LogP contribution in [0.25, 0.3) is 0 Å². The summed E-state index contributed by atoms with van der Waals surface area (Å²) in [7, 11) is 2.91. The molecule has 236 valence electrons. The number of rotatable bonds is 5. The Balaban J connectivity index is 1.36. The van der Waals surface area contributed by atoms with Crippen LogP contribution in [0.5, 0.6) is 11.5 Å². The van der Waals surface area contributed by atoms with Gasteiger partial charge in [0, 0.05) is 38.3 Å². The SMILES string of the molecule is COc1ccc2c(c1)C(=O)N(C[C@@]1(C#Cc3nc(C(=O)N4CCN(C(=O)OC(C)(C)C)CC4)ccc3OC)NC(=O)NC1=O)C2. The number of urea groups is 1. The molecule has 1 aromatic heterocycles. The van der Waals surface area contributed by atoms with Gasteiger partial charge in [0.15, 0.2) is 11.4 Å². The number of carbonyl (C=O) groups is 5. The fraction of sp³-hybridized carbons (Fsp3) is 0.419. The van der Waals surface area contributed by atoms with Crippen LogP contribution in [0, 0.1) is 11.8 Å². The second kappa shape index (κ2) is 12.0. The van der Waals surface area contributed by atoms with E-state index in [1.54, 1.807) is 48.8 Å². The van der Waals surface area contributed by atoms with Gasteiger partial charge in [-0.25, -0.2) is 14.6 Å². The molecule has 0 radical (unpaired) electrons. The summed E-state index contributed by atoms with van der Waals surface area (Å²) >= 11 is 0. The molecular weight excluding hydrogens is 584 g/mol. The fourth-order valence-corrected chi connectivity index (χ4v) is 5.18. The van der Waals surface area contributed by atoms with Gasteiger partial charge in [0.1, 0.15) is 17.0 Å². The van der Waals surface area contributed by atoms with Crippen LogP contribution in [0.2, 0.25) is 0 Å². The quantitative estimate of drug-likeness (QED) is 0.373. The molecule has 14 nitrogen and oxygen atoms in total. The average Bonchev–Trinajstić information content (AvgIpc) is 3.47. The largest absolute Gasteiger partial charge is 0.497 e. The van der Waals surface area contributed by atoms with Crippen LogP contribution in [0.4, 0.5) is 9.59 Å². The normalized spacial score (nSPS) is 19.3. The molecule has 1 atom stereocenters. The average molecular weight is 619 g/mol. The molecule has 0 unspecified atom stereocenters. The summed E-state index contributed by atoms with van der Waals surface area (Å²) in [5, 5.41) is 4.76. The lowest BCUT2D eigenvalue weighted by molar-refractivity contribution is -0.122. The van der Waals surface area contributed by atoms with Crippen LogP contribution in [0.15, 0.2) is 30.3 Å². The molecule has 5 rings (SSSR count). The van der Waals surface area contributed by atoms with Crippen molar-refractivity contribution in [3.05, 3.63) is 52.8 Å². The van der Waals surface area contributed by atoms with Gasteiger partial charge < -0.3 is 34.2 Å². The highest BCUT2D eigenvalue weighted by atomic mass is 16.6. The predicted molar refractivity (Wildman–Crippen MR) is 159 cm³/mol. The topological polar surface area (TPSA) is 160 Å². The predicted octanol–water partition coefficient (Wildman–Crippen LogP) is 1.38. The van der Waals surface area contributed by atoms with Crippen LogP contribution in [-0.2, 0) is 16.1 Å². The zero-order valence-electron chi connectivity index (χ0n) is 25.7. The lowest BCUT2D eigenvalue weighted by Crippen LogP contribution is -2.54. The third kappa shape index (κ3) is 6.47. The highest BCUT2D eigenvalue weighted by Crippen LogP contribution is 2.29. The van der Waals surface area contributed by atoms with Crippen molar-refractivity contribution in [2.45, 2.75) is 38.5 Å². The summed E-state index contributed by atoms with van der Waals surface area (Å²) in [4.78, 5) is 73.3. The molecule has 2 saturated heterocycles. The maximum Gasteiger partial charge on any atom is 0.410 e. The second-order valence-corrected chi connectivity index (χ2v) is 11.8. The summed E-state index contributed by atoms with van der Waals surface area (Å²) in [6.07, 6.45) is -0.439. The summed E-state index contributed by atoms with van der Waals surface area (Å²) in [5.74, 6) is 4.94. The van der Waals surface area contributed by atoms with Crippen molar-refractivity contribution in [3.8, 4) is 23.3 Å². The maximum atomic E-state index is 13.4. The van der Waals surface area contributed by atoms with Gasteiger partial charge in [-0.05, 0) is 56.5 Å². The van der Waals surface area contributed by atoms with Gasteiger partial charge in [0.25, 0.3) is 17.7 Å². The van der Waals surface area contributed by atoms with Gasteiger partial charge in [-0.2, -0.15) is 0 Å². The van der Waals surface area contributed by atoms with Crippen LogP contribution in [0.1, 0.15) is 52.9 Å². The standard InChI is InChI=1S/C31H34N6O8/c1-30(2,3)45-29(42)36-14-12-35(13-15-36)26(39)23-8-9-24(44-5)22(32-23)10-11-31(27(40)33-28(41)34-31)18-37-17-19-6-7-20(43-4)16-21(19)25(37)38/h6-9,16H,12-15,17-18H2,1-5H3,(H2,33,34,40,41)/t31-/m1/s1. The highest BCUT2D eigenvalue weighted by molar-refractivity contribution is 6.10. The molecule has 0 spiro atoms. The third-order valence-corrected chi connectivity index (χ3v) is 7.48. The molecule has 2 aromatic rings. The number of ether oxygens (including phenoxy) is 3. The van der Waals surface area contributed by atoms with E-state index >= 15 is 0 Å². The number of amides is 6. The second-order valence-electron chi connectivity index (χ2n) is 11.8. The first-order chi connectivity index (χ1) is 21.3. The number of benzene rings is 1. The van der Waals surface area contributed by atoms with E-state index in [0.717, 1.165) is 5.56 Å².